The Kier molecular flexibility index (Phi) is 12.0. The maximum absolute atomic E-state index is 13.5. The van der Waals surface area contributed by atoms with Gasteiger partial charge in [0.2, 0.25) is 0 Å². The Bertz CT molecular complexity index is 981. The second kappa shape index (κ2) is 14.5. The molecule has 192 valence electrons. The maximum Gasteiger partial charge on any atom is 0.260 e. The molecule has 2 rings (SSSR count). The van der Waals surface area contributed by atoms with Crippen LogP contribution in [0.1, 0.15) is 90.9 Å². The molecular weight excluding hydrogens is 478 g/mol. The van der Waals surface area contributed by atoms with Crippen LogP contribution in [0.25, 0.3) is 10.9 Å². The van der Waals surface area contributed by atoms with E-state index in [1.54, 1.807) is 18.3 Å². The first kappa shape index (κ1) is 29.1. The van der Waals surface area contributed by atoms with Crippen molar-refractivity contribution in [3.63, 3.8) is 0 Å². The van der Waals surface area contributed by atoms with E-state index in [1.165, 1.54) is 4.90 Å². The second-order valence-corrected chi connectivity index (χ2v) is 10.7. The molecule has 1 aromatic heterocycles. The van der Waals surface area contributed by atoms with Gasteiger partial charge in [0.1, 0.15) is 5.00 Å². The summed E-state index contributed by atoms with van der Waals surface area (Å²) in [6, 6.07) is 1.90. The molecule has 2 amide bonds. The number of hydrogen-bond donors (Lipinski definition) is 0. The van der Waals surface area contributed by atoms with E-state index in [2.05, 4.69) is 37.4 Å². The predicted molar refractivity (Wildman–Crippen MR) is 149 cm³/mol. The Morgan fingerprint density at radius 3 is 2.26 bits per heavy atom. The number of carbonyl (C=O) groups is 2. The summed E-state index contributed by atoms with van der Waals surface area (Å²) in [6.45, 7) is 20.1. The monoisotopic (exact) mass is 517 g/mol. The van der Waals surface area contributed by atoms with Crippen molar-refractivity contribution in [2.24, 2.45) is 5.92 Å². The van der Waals surface area contributed by atoms with Crippen molar-refractivity contribution < 1.29 is 9.59 Å². The van der Waals surface area contributed by atoms with Crippen LogP contribution in [0.4, 0.5) is 5.00 Å². The third-order valence-corrected chi connectivity index (χ3v) is 8.15. The largest absolute Gasteiger partial charge is 0.362 e. The van der Waals surface area contributed by atoms with Crippen LogP contribution in [0, 0.1) is 12.5 Å². The summed E-state index contributed by atoms with van der Waals surface area (Å²) in [4.78, 5) is 34.5. The molecule has 0 N–H and O–H groups in total. The molecule has 0 saturated heterocycles. The topological polar surface area (TPSA) is 45.0 Å². The fraction of sp³-hybridized carbons (Fsp3) is 0.607. The quantitative estimate of drug-likeness (QED) is 0.143. The molecule has 1 atom stereocenters. The highest BCUT2D eigenvalue weighted by Crippen LogP contribution is 2.38. The van der Waals surface area contributed by atoms with Crippen molar-refractivity contribution in [3.8, 4) is 0 Å². The summed E-state index contributed by atoms with van der Waals surface area (Å²) in [5.41, 5.74) is 0.906. The number of hydrogen-bond acceptors (Lipinski definition) is 4. The molecule has 0 bridgehead atoms. The van der Waals surface area contributed by atoms with Crippen molar-refractivity contribution in [3.05, 3.63) is 44.2 Å². The first-order chi connectivity index (χ1) is 16.8. The molecule has 1 aliphatic rings. The number of imide groups is 1. The minimum Gasteiger partial charge on any atom is -0.362 e. The van der Waals surface area contributed by atoms with Crippen molar-refractivity contribution >= 4 is 45.8 Å². The lowest BCUT2D eigenvalue weighted by Gasteiger charge is -2.30. The molecule has 2 heterocycles. The van der Waals surface area contributed by atoms with Gasteiger partial charge in [0.05, 0.1) is 11.6 Å². The third-order valence-electron chi connectivity index (χ3n) is 6.60. The first-order valence-electron chi connectivity index (χ1n) is 13.0. The van der Waals surface area contributed by atoms with Gasteiger partial charge in [0.25, 0.3) is 17.5 Å². The van der Waals surface area contributed by atoms with Gasteiger partial charge in [-0.25, -0.2) is 4.85 Å². The fourth-order valence-electron chi connectivity index (χ4n) is 4.28. The SMILES string of the molecule is [C-]#[N+]C1=C(C)/C(=C\c2cc(Cl)c(N(CCCC)CCCC)s2)C(=O)N(CC(CC)CCCC)C1=O. The summed E-state index contributed by atoms with van der Waals surface area (Å²) in [7, 11) is 0. The molecule has 5 nitrogen and oxygen atoms in total. The van der Waals surface area contributed by atoms with E-state index in [9.17, 15) is 9.59 Å². The van der Waals surface area contributed by atoms with Crippen molar-refractivity contribution in [1.29, 1.82) is 0 Å². The number of anilines is 1. The van der Waals surface area contributed by atoms with Gasteiger partial charge in [-0.15, -0.1) is 11.3 Å². The highest BCUT2D eigenvalue weighted by Gasteiger charge is 2.36. The Morgan fingerprint density at radius 2 is 1.71 bits per heavy atom. The Labute approximate surface area is 220 Å². The molecule has 1 unspecified atom stereocenters. The van der Waals surface area contributed by atoms with Gasteiger partial charge in [-0.05, 0) is 49.8 Å². The van der Waals surface area contributed by atoms with E-state index in [0.29, 0.717) is 22.7 Å². The molecule has 0 aliphatic carbocycles. The number of unbranched alkanes of at least 4 members (excludes halogenated alkanes) is 3. The molecule has 0 saturated carbocycles. The standard InChI is InChI=1S/C28H40ClN3O2S/c1-7-11-14-21(10-4)19-32-26(33)23(20(5)25(30-6)27(32)34)17-22-18-24(29)28(35-22)31(15-12-8-2)16-13-9-3/h17-18,21H,7-16,19H2,1-5H3/b23-17+. The van der Waals surface area contributed by atoms with Crippen molar-refractivity contribution in [2.45, 2.75) is 86.0 Å². The zero-order valence-electron chi connectivity index (χ0n) is 22.0. The molecule has 0 spiro atoms. The van der Waals surface area contributed by atoms with Crippen LogP contribution in [-0.4, -0.2) is 36.3 Å². The molecule has 1 aromatic rings. The normalized spacial score (nSPS) is 16.3. The van der Waals surface area contributed by atoms with E-state index in [0.717, 1.165) is 74.3 Å². The van der Waals surface area contributed by atoms with E-state index in [1.807, 2.05) is 12.1 Å². The Morgan fingerprint density at radius 1 is 1.09 bits per heavy atom. The summed E-state index contributed by atoms with van der Waals surface area (Å²) in [5.74, 6) is -0.539. The van der Waals surface area contributed by atoms with Crippen LogP contribution in [-0.2, 0) is 9.59 Å². The smallest absolute Gasteiger partial charge is 0.260 e. The zero-order valence-corrected chi connectivity index (χ0v) is 23.5. The minimum atomic E-state index is -0.468. The summed E-state index contributed by atoms with van der Waals surface area (Å²) in [6.07, 6.45) is 10.2. The average molecular weight is 518 g/mol. The van der Waals surface area contributed by atoms with E-state index in [-0.39, 0.29) is 17.5 Å². The van der Waals surface area contributed by atoms with E-state index in [4.69, 9.17) is 18.2 Å². The first-order valence-corrected chi connectivity index (χ1v) is 14.2. The van der Waals surface area contributed by atoms with Gasteiger partial charge >= 0.3 is 0 Å². The van der Waals surface area contributed by atoms with Crippen LogP contribution in [0.3, 0.4) is 0 Å². The average Bonchev–Trinajstić information content (AvgIpc) is 3.21. The minimum absolute atomic E-state index is 0.0385. The number of halogens is 1. The number of rotatable bonds is 14. The fourth-order valence-corrected chi connectivity index (χ4v) is 5.74. The highest BCUT2D eigenvalue weighted by molar-refractivity contribution is 7.17. The van der Waals surface area contributed by atoms with Gasteiger partial charge < -0.3 is 4.90 Å². The van der Waals surface area contributed by atoms with Crippen LogP contribution < -0.4 is 4.90 Å². The van der Waals surface area contributed by atoms with Crippen LogP contribution >= 0.6 is 22.9 Å². The van der Waals surface area contributed by atoms with Gasteiger partial charge in [0, 0.05) is 30.1 Å². The molecule has 1 aliphatic heterocycles. The van der Waals surface area contributed by atoms with E-state index >= 15 is 0 Å². The number of thiophene rings is 1. The molecule has 0 aromatic carbocycles. The molecule has 7 heteroatoms. The van der Waals surface area contributed by atoms with Crippen LogP contribution in [0.15, 0.2) is 22.9 Å². The number of carbonyl (C=O) groups excluding carboxylic acids is 2. The number of amides is 2. The lowest BCUT2D eigenvalue weighted by atomic mass is 9.94. The lowest BCUT2D eigenvalue weighted by molar-refractivity contribution is -0.141. The molecular formula is C28H40ClN3O2S. The second-order valence-electron chi connectivity index (χ2n) is 9.28. The third kappa shape index (κ3) is 7.44. The van der Waals surface area contributed by atoms with Crippen molar-refractivity contribution in [2.75, 3.05) is 24.5 Å². The summed E-state index contributed by atoms with van der Waals surface area (Å²) in [5, 5.41) is 1.71. The van der Waals surface area contributed by atoms with Crippen LogP contribution in [0.5, 0.6) is 0 Å². The van der Waals surface area contributed by atoms with Crippen molar-refractivity contribution in [1.82, 2.24) is 4.90 Å². The highest BCUT2D eigenvalue weighted by atomic mass is 35.5. The lowest BCUT2D eigenvalue weighted by Crippen LogP contribution is -2.44. The van der Waals surface area contributed by atoms with Gasteiger partial charge in [-0.2, -0.15) is 0 Å². The molecule has 0 radical (unpaired) electrons. The molecule has 0 fully saturated rings. The summed E-state index contributed by atoms with van der Waals surface area (Å²) >= 11 is 8.23. The number of nitrogens with zero attached hydrogens (tertiary/aromatic N) is 3. The van der Waals surface area contributed by atoms with Crippen LogP contribution in [0.2, 0.25) is 5.02 Å². The summed E-state index contributed by atoms with van der Waals surface area (Å²) < 4.78 is 0. The van der Waals surface area contributed by atoms with Gasteiger partial charge in [-0.1, -0.05) is 71.4 Å². The van der Waals surface area contributed by atoms with Gasteiger partial charge in [-0.3, -0.25) is 14.5 Å². The van der Waals surface area contributed by atoms with Gasteiger partial charge in [0.15, 0.2) is 0 Å². The predicted octanol–water partition coefficient (Wildman–Crippen LogP) is 7.97. The Hall–Kier alpha value is -2.10. The maximum atomic E-state index is 13.5. The Balaban J connectivity index is 2.43. The molecule has 35 heavy (non-hydrogen) atoms. The zero-order chi connectivity index (χ0) is 26.0. The van der Waals surface area contributed by atoms with E-state index < -0.39 is 5.91 Å².